The number of carbonyl (C=O) groups is 2. The number of carboxylic acids is 2. The Bertz CT molecular complexity index is 325. The van der Waals surface area contributed by atoms with Gasteiger partial charge in [-0.05, 0) is 0 Å². The second-order valence-electron chi connectivity index (χ2n) is 5.92. The summed E-state index contributed by atoms with van der Waals surface area (Å²) < 4.78 is 24.1. The molecule has 12 heteroatoms. The summed E-state index contributed by atoms with van der Waals surface area (Å²) in [5.41, 5.74) is 0. The molecule has 0 aromatic rings. The Kier molecular flexibility index (Phi) is 42.8. The summed E-state index contributed by atoms with van der Waals surface area (Å²) in [5, 5.41) is 14.8. The minimum atomic E-state index is -3.52. The molecular weight excluding hydrogens is 600 g/mol. The summed E-state index contributed by atoms with van der Waals surface area (Å²) in [6.07, 6.45) is 8.54. The predicted molar refractivity (Wildman–Crippen MR) is 104 cm³/mol. The Hall–Kier alpha value is 1.65. The molecule has 0 unspecified atom stereocenters. The van der Waals surface area contributed by atoms with Crippen LogP contribution in [0.2, 0.25) is 0 Å². The maximum absolute atomic E-state index is 9.10. The van der Waals surface area contributed by atoms with Gasteiger partial charge in [0.1, 0.15) is 0 Å². The van der Waals surface area contributed by atoms with Gasteiger partial charge in [0, 0.05) is 0 Å². The van der Waals surface area contributed by atoms with Crippen LogP contribution in [0.25, 0.3) is 0 Å². The molecule has 2 N–H and O–H groups in total. The fourth-order valence-electron chi connectivity index (χ4n) is 1.62. The molecule has 0 spiro atoms. The molecule has 178 valence electrons. The summed E-state index contributed by atoms with van der Waals surface area (Å²) in [6, 6.07) is 0. The third-order valence-electron chi connectivity index (χ3n) is 3.29. The van der Waals surface area contributed by atoms with Crippen molar-refractivity contribution in [1.82, 2.24) is 0 Å². The number of rotatable bonds is 16. The van der Waals surface area contributed by atoms with Crippen LogP contribution < -0.4 is 24.8 Å². The zero-order chi connectivity index (χ0) is 21.0. The van der Waals surface area contributed by atoms with Crippen LogP contribution in [-0.2, 0) is 41.0 Å². The largest absolute Gasteiger partial charge is 2.00 e. The van der Waals surface area contributed by atoms with Crippen molar-refractivity contribution in [3.8, 4) is 0 Å². The predicted octanol–water partition coefficient (Wildman–Crippen LogP) is -2.15. The van der Waals surface area contributed by atoms with E-state index in [1.54, 1.807) is 0 Å². The van der Waals surface area contributed by atoms with E-state index in [1.807, 2.05) is 0 Å². The molecule has 0 aliphatic carbocycles. The second kappa shape index (κ2) is 30.6. The van der Waals surface area contributed by atoms with E-state index in [2.05, 4.69) is 27.7 Å². The van der Waals surface area contributed by atoms with E-state index in [0.29, 0.717) is 26.4 Å². The van der Waals surface area contributed by atoms with Gasteiger partial charge in [-0.2, -0.15) is 0 Å². The van der Waals surface area contributed by atoms with E-state index in [-0.39, 0.29) is 73.7 Å². The van der Waals surface area contributed by atoms with Gasteiger partial charge in [0.25, 0.3) is 0 Å². The van der Waals surface area contributed by atoms with Crippen molar-refractivity contribution >= 4 is 60.8 Å². The van der Waals surface area contributed by atoms with Crippen LogP contribution in [-0.4, -0.2) is 97.5 Å². The summed E-state index contributed by atoms with van der Waals surface area (Å²) in [6.45, 7) is 11.4. The van der Waals surface area contributed by atoms with Crippen molar-refractivity contribution in [1.29, 1.82) is 0 Å². The van der Waals surface area contributed by atoms with Gasteiger partial charge in [0.05, 0.1) is 0 Å². The van der Waals surface area contributed by atoms with Crippen LogP contribution in [0.4, 0.5) is 0 Å². The topological polar surface area (TPSA) is 112 Å². The molecule has 30 heavy (non-hydrogen) atoms. The van der Waals surface area contributed by atoms with Crippen LogP contribution in [0.3, 0.4) is 0 Å². The smallest absolute Gasteiger partial charge is 1.00 e. The van der Waals surface area contributed by atoms with Crippen molar-refractivity contribution in [2.45, 2.75) is 79.1 Å². The van der Waals surface area contributed by atoms with Crippen molar-refractivity contribution in [3.05, 3.63) is 0 Å². The molecule has 0 heterocycles. The molecule has 0 atom stereocenters. The van der Waals surface area contributed by atoms with E-state index in [9.17, 15) is 0 Å². The van der Waals surface area contributed by atoms with Gasteiger partial charge in [-0.3, -0.25) is 0 Å². The molecule has 0 saturated heterocycles. The normalized spacial score (nSPS) is 9.87. The zero-order valence-electron chi connectivity index (χ0n) is 18.8. The average molecular weight is 639 g/mol. The third-order valence-corrected chi connectivity index (χ3v) is 6.77. The van der Waals surface area contributed by atoms with E-state index in [1.165, 1.54) is 0 Å². The molecule has 0 bridgehead atoms. The van der Waals surface area contributed by atoms with Crippen molar-refractivity contribution in [3.63, 3.8) is 0 Å². The second-order valence-corrected chi connectivity index (χ2v) is 9.28. The Morgan fingerprint density at radius 1 is 0.600 bits per heavy atom. The SMILES string of the molecule is CCCC[O][Ti]([O]CCCC)([O]CCCC)[O]CCCC.O=C(O)C(=O)O.[Ba+2].[Cl-].[Cl-]. The monoisotopic (exact) mass is 638 g/mol. The fourth-order valence-corrected chi connectivity index (χ4v) is 4.86. The zero-order valence-corrected chi connectivity index (χ0v) is 26.3. The number of halogens is 2. The first-order chi connectivity index (χ1) is 12.9. The number of unbranched alkanes of at least 4 members (excludes halogenated alkanes) is 4. The van der Waals surface area contributed by atoms with E-state index in [4.69, 9.17) is 33.1 Å². The first-order valence-electron chi connectivity index (χ1n) is 9.91. The number of aliphatic carboxylic acids is 2. The van der Waals surface area contributed by atoms with Crippen molar-refractivity contribution in [2.24, 2.45) is 0 Å². The van der Waals surface area contributed by atoms with Crippen molar-refractivity contribution < 1.29 is 76.0 Å². The van der Waals surface area contributed by atoms with Gasteiger partial charge < -0.3 is 35.0 Å². The van der Waals surface area contributed by atoms with Gasteiger partial charge in [-0.15, -0.1) is 0 Å². The summed E-state index contributed by atoms with van der Waals surface area (Å²) in [4.78, 5) is 18.2. The van der Waals surface area contributed by atoms with Gasteiger partial charge >= 0.3 is 198 Å². The molecule has 0 amide bonds. The molecule has 0 aromatic heterocycles. The number of hydrogen-bond acceptors (Lipinski definition) is 6. The third kappa shape index (κ3) is 27.7. The van der Waals surface area contributed by atoms with Gasteiger partial charge in [0.15, 0.2) is 0 Å². The summed E-state index contributed by atoms with van der Waals surface area (Å²) in [7, 11) is 0. The maximum atomic E-state index is 9.10. The maximum Gasteiger partial charge on any atom is 2.00 e. The van der Waals surface area contributed by atoms with E-state index >= 15 is 0 Å². The molecular formula is C18H38BaCl2O8Ti. The fraction of sp³-hybridized carbons (Fsp3) is 0.889. The molecule has 0 aliphatic rings. The van der Waals surface area contributed by atoms with Crippen LogP contribution in [0.15, 0.2) is 0 Å². The standard InChI is InChI=1S/4C4H9O.C2H2O4.Ba.2ClH.Ti/c4*1-2-3-4-5;3-1(4)2(5)6;;;;/h4*2-4H2,1H3;(H,3,4)(H,5,6);;2*1H;/q4*-1;;+2;;;+4/p-2. The molecule has 0 aliphatic heterocycles. The van der Waals surface area contributed by atoms with Gasteiger partial charge in [-0.1, -0.05) is 0 Å². The first kappa shape index (κ1) is 41.9. The van der Waals surface area contributed by atoms with E-state index < -0.39 is 30.1 Å². The summed E-state index contributed by atoms with van der Waals surface area (Å²) in [5.74, 6) is -3.65. The van der Waals surface area contributed by atoms with Crippen LogP contribution in [0.5, 0.6) is 0 Å². The van der Waals surface area contributed by atoms with Gasteiger partial charge in [-0.25, -0.2) is 9.59 Å². The Morgan fingerprint density at radius 3 is 0.933 bits per heavy atom. The van der Waals surface area contributed by atoms with E-state index in [0.717, 1.165) is 51.4 Å². The summed E-state index contributed by atoms with van der Waals surface area (Å²) >= 11 is -3.52. The quantitative estimate of drug-likeness (QED) is 0.112. The Morgan fingerprint density at radius 2 is 0.800 bits per heavy atom. The molecule has 0 radical (unpaired) electrons. The molecule has 0 aromatic carbocycles. The molecule has 0 fully saturated rings. The number of hydrogen-bond donors (Lipinski definition) is 2. The molecule has 0 rings (SSSR count). The van der Waals surface area contributed by atoms with Crippen molar-refractivity contribution in [2.75, 3.05) is 26.4 Å². The molecule has 0 saturated carbocycles. The van der Waals surface area contributed by atoms with Crippen LogP contribution in [0.1, 0.15) is 79.1 Å². The Labute approximate surface area is 239 Å². The Balaban J connectivity index is -0.000000203. The minimum absolute atomic E-state index is 0. The van der Waals surface area contributed by atoms with Crippen LogP contribution >= 0.6 is 0 Å². The first-order valence-corrected chi connectivity index (χ1v) is 12.5. The average Bonchev–Trinajstić information content (AvgIpc) is 2.63. The minimum Gasteiger partial charge on any atom is -1.00 e. The van der Waals surface area contributed by atoms with Gasteiger partial charge in [0.2, 0.25) is 0 Å². The molecule has 8 nitrogen and oxygen atoms in total. The van der Waals surface area contributed by atoms with Crippen LogP contribution in [0, 0.1) is 0 Å². The number of carboxylic acid groups (broad SMARTS) is 2.